The predicted molar refractivity (Wildman–Crippen MR) is 80.2 cm³/mol. The van der Waals surface area contributed by atoms with E-state index in [9.17, 15) is 9.90 Å². The number of piperidine rings is 1. The second kappa shape index (κ2) is 6.54. The molecular formula is C15H20ClNO4. The van der Waals surface area contributed by atoms with Crippen LogP contribution in [0.4, 0.5) is 0 Å². The van der Waals surface area contributed by atoms with Crippen molar-refractivity contribution in [2.45, 2.75) is 19.4 Å². The van der Waals surface area contributed by atoms with Gasteiger partial charge in [0.2, 0.25) is 0 Å². The number of hydrogen-bond donors (Lipinski definition) is 1. The maximum absolute atomic E-state index is 12.5. The lowest BCUT2D eigenvalue weighted by molar-refractivity contribution is 0.0248. The molecule has 2 rings (SSSR count). The van der Waals surface area contributed by atoms with E-state index in [1.807, 2.05) is 6.92 Å². The van der Waals surface area contributed by atoms with Crippen LogP contribution < -0.4 is 9.47 Å². The minimum atomic E-state index is -0.488. The molecule has 0 aromatic heterocycles. The van der Waals surface area contributed by atoms with E-state index in [4.69, 9.17) is 21.1 Å². The molecule has 5 nitrogen and oxygen atoms in total. The average molecular weight is 314 g/mol. The van der Waals surface area contributed by atoms with Crippen LogP contribution in [0.5, 0.6) is 11.5 Å². The summed E-state index contributed by atoms with van der Waals surface area (Å²) < 4.78 is 10.4. The van der Waals surface area contributed by atoms with E-state index in [1.54, 1.807) is 17.0 Å². The first-order valence-electron chi connectivity index (χ1n) is 6.86. The maximum Gasteiger partial charge on any atom is 0.254 e. The molecule has 1 saturated heterocycles. The molecule has 1 N–H and O–H groups in total. The van der Waals surface area contributed by atoms with Gasteiger partial charge >= 0.3 is 0 Å². The van der Waals surface area contributed by atoms with Crippen LogP contribution in [0.2, 0.25) is 5.02 Å². The Morgan fingerprint density at radius 2 is 2.10 bits per heavy atom. The SMILES string of the molecule is COc1cc(C(=O)N2CCC(C)C(O)C2)cc(Cl)c1OC. The number of rotatable bonds is 3. The van der Waals surface area contributed by atoms with Gasteiger partial charge in [0.25, 0.3) is 5.91 Å². The number of aliphatic hydroxyl groups excluding tert-OH is 1. The van der Waals surface area contributed by atoms with Crippen molar-refractivity contribution in [2.75, 3.05) is 27.3 Å². The van der Waals surface area contributed by atoms with Gasteiger partial charge in [-0.25, -0.2) is 0 Å². The van der Waals surface area contributed by atoms with Gasteiger partial charge in [-0.15, -0.1) is 0 Å². The van der Waals surface area contributed by atoms with E-state index in [0.717, 1.165) is 6.42 Å². The van der Waals surface area contributed by atoms with E-state index in [2.05, 4.69) is 0 Å². The Labute approximate surface area is 129 Å². The lowest BCUT2D eigenvalue weighted by Gasteiger charge is -2.34. The van der Waals surface area contributed by atoms with Crippen LogP contribution in [0.15, 0.2) is 12.1 Å². The number of carbonyl (C=O) groups is 1. The number of aliphatic hydroxyl groups is 1. The van der Waals surface area contributed by atoms with Gasteiger partial charge in [0.05, 0.1) is 25.3 Å². The van der Waals surface area contributed by atoms with Crippen molar-refractivity contribution in [2.24, 2.45) is 5.92 Å². The van der Waals surface area contributed by atoms with Crippen molar-refractivity contribution in [1.29, 1.82) is 0 Å². The zero-order valence-electron chi connectivity index (χ0n) is 12.4. The molecule has 1 amide bonds. The van der Waals surface area contributed by atoms with Gasteiger partial charge in [-0.1, -0.05) is 18.5 Å². The molecule has 0 bridgehead atoms. The molecule has 116 valence electrons. The Kier molecular flexibility index (Phi) is 4.96. The second-order valence-corrected chi connectivity index (χ2v) is 5.69. The first-order chi connectivity index (χ1) is 9.97. The van der Waals surface area contributed by atoms with E-state index in [1.165, 1.54) is 14.2 Å². The van der Waals surface area contributed by atoms with Crippen molar-refractivity contribution in [3.05, 3.63) is 22.7 Å². The van der Waals surface area contributed by atoms with E-state index in [-0.39, 0.29) is 11.8 Å². The first-order valence-corrected chi connectivity index (χ1v) is 7.24. The van der Waals surface area contributed by atoms with Crippen molar-refractivity contribution < 1.29 is 19.4 Å². The van der Waals surface area contributed by atoms with Gasteiger partial charge in [0, 0.05) is 18.7 Å². The maximum atomic E-state index is 12.5. The summed E-state index contributed by atoms with van der Waals surface area (Å²) in [4.78, 5) is 14.2. The van der Waals surface area contributed by atoms with Crippen molar-refractivity contribution in [3.8, 4) is 11.5 Å². The Hall–Kier alpha value is -1.46. The van der Waals surface area contributed by atoms with Crippen LogP contribution in [0, 0.1) is 5.92 Å². The fourth-order valence-corrected chi connectivity index (χ4v) is 2.75. The highest BCUT2D eigenvalue weighted by atomic mass is 35.5. The van der Waals surface area contributed by atoms with Crippen LogP contribution in [0.3, 0.4) is 0 Å². The summed E-state index contributed by atoms with van der Waals surface area (Å²) in [6.45, 7) is 2.95. The van der Waals surface area contributed by atoms with E-state index < -0.39 is 6.10 Å². The monoisotopic (exact) mass is 313 g/mol. The number of halogens is 1. The zero-order valence-corrected chi connectivity index (χ0v) is 13.2. The topological polar surface area (TPSA) is 59.0 Å². The summed E-state index contributed by atoms with van der Waals surface area (Å²) in [6, 6.07) is 3.17. The summed E-state index contributed by atoms with van der Waals surface area (Å²) in [5.41, 5.74) is 0.430. The fraction of sp³-hybridized carbons (Fsp3) is 0.533. The molecule has 0 radical (unpaired) electrons. The molecule has 21 heavy (non-hydrogen) atoms. The quantitative estimate of drug-likeness (QED) is 0.929. The Morgan fingerprint density at radius 3 is 2.67 bits per heavy atom. The number of methoxy groups -OCH3 is 2. The predicted octanol–water partition coefficient (Wildman–Crippen LogP) is 2.20. The van der Waals surface area contributed by atoms with Crippen LogP contribution in [-0.2, 0) is 0 Å². The molecule has 2 unspecified atom stereocenters. The molecule has 2 atom stereocenters. The molecule has 0 aliphatic carbocycles. The third-order valence-corrected chi connectivity index (χ3v) is 4.17. The highest BCUT2D eigenvalue weighted by molar-refractivity contribution is 6.32. The molecule has 6 heteroatoms. The Bertz CT molecular complexity index is 535. The van der Waals surface area contributed by atoms with Crippen LogP contribution in [-0.4, -0.2) is 49.3 Å². The third kappa shape index (κ3) is 3.24. The first kappa shape index (κ1) is 15.9. The van der Waals surface area contributed by atoms with Gasteiger partial charge in [-0.05, 0) is 24.5 Å². The highest BCUT2D eigenvalue weighted by Crippen LogP contribution is 2.36. The summed E-state index contributed by atoms with van der Waals surface area (Å²) in [6.07, 6.45) is 0.298. The normalized spacial score (nSPS) is 22.0. The molecule has 1 fully saturated rings. The Morgan fingerprint density at radius 1 is 1.38 bits per heavy atom. The van der Waals surface area contributed by atoms with Crippen molar-refractivity contribution in [3.63, 3.8) is 0 Å². The molecule has 1 aliphatic rings. The summed E-state index contributed by atoms with van der Waals surface area (Å²) in [7, 11) is 2.99. The largest absolute Gasteiger partial charge is 0.493 e. The molecule has 1 aromatic rings. The minimum absolute atomic E-state index is 0.163. The molecule has 0 saturated carbocycles. The van der Waals surface area contributed by atoms with Crippen LogP contribution in [0.1, 0.15) is 23.7 Å². The third-order valence-electron chi connectivity index (χ3n) is 3.89. The number of amides is 1. The number of ether oxygens (including phenoxy) is 2. The van der Waals surface area contributed by atoms with Gasteiger partial charge < -0.3 is 19.5 Å². The minimum Gasteiger partial charge on any atom is -0.493 e. The number of β-amino-alcohol motifs (C(OH)–C–C–N with tert-alkyl or cyclic N) is 1. The average Bonchev–Trinajstić information content (AvgIpc) is 2.48. The summed E-state index contributed by atoms with van der Waals surface area (Å²) >= 11 is 6.12. The number of benzene rings is 1. The van der Waals surface area contributed by atoms with Gasteiger partial charge in [-0.2, -0.15) is 0 Å². The van der Waals surface area contributed by atoms with Crippen LogP contribution in [0.25, 0.3) is 0 Å². The number of nitrogens with zero attached hydrogens (tertiary/aromatic N) is 1. The second-order valence-electron chi connectivity index (χ2n) is 5.28. The standard InChI is InChI=1S/C15H20ClNO4/c1-9-4-5-17(8-12(9)18)15(19)10-6-11(16)14(21-3)13(7-10)20-2/h6-7,9,12,18H,4-5,8H2,1-3H3. The number of carbonyl (C=O) groups excluding carboxylic acids is 1. The highest BCUT2D eigenvalue weighted by Gasteiger charge is 2.28. The Balaban J connectivity index is 2.25. The lowest BCUT2D eigenvalue weighted by Crippen LogP contribution is -2.45. The number of hydrogen-bond acceptors (Lipinski definition) is 4. The fourth-order valence-electron chi connectivity index (χ4n) is 2.46. The number of likely N-dealkylation sites (tertiary alicyclic amines) is 1. The van der Waals surface area contributed by atoms with Crippen molar-refractivity contribution >= 4 is 17.5 Å². The molecule has 1 aliphatic heterocycles. The smallest absolute Gasteiger partial charge is 0.254 e. The van der Waals surface area contributed by atoms with Crippen molar-refractivity contribution in [1.82, 2.24) is 4.90 Å². The summed E-state index contributed by atoms with van der Waals surface area (Å²) in [5, 5.41) is 10.2. The van der Waals surface area contributed by atoms with E-state index in [0.29, 0.717) is 35.2 Å². The van der Waals surface area contributed by atoms with E-state index >= 15 is 0 Å². The van der Waals surface area contributed by atoms with Gasteiger partial charge in [0.15, 0.2) is 11.5 Å². The van der Waals surface area contributed by atoms with Gasteiger partial charge in [0.1, 0.15) is 0 Å². The molecule has 1 heterocycles. The van der Waals surface area contributed by atoms with Crippen LogP contribution >= 0.6 is 11.6 Å². The lowest BCUT2D eigenvalue weighted by atomic mass is 9.95. The molecule has 0 spiro atoms. The molecule has 1 aromatic carbocycles. The van der Waals surface area contributed by atoms with Gasteiger partial charge in [-0.3, -0.25) is 4.79 Å². The zero-order chi connectivity index (χ0) is 15.6. The summed E-state index contributed by atoms with van der Waals surface area (Å²) in [5.74, 6) is 0.870. The molecular weight excluding hydrogens is 294 g/mol.